The van der Waals surface area contributed by atoms with Crippen LogP contribution in [0.25, 0.3) is 11.1 Å². The molecule has 194 valence electrons. The van der Waals surface area contributed by atoms with Gasteiger partial charge in [0, 0.05) is 18.7 Å². The number of fused-ring (bicyclic) bond motifs is 1. The van der Waals surface area contributed by atoms with Crippen LogP contribution in [0.4, 0.5) is 0 Å². The molecule has 2 amide bonds. The minimum absolute atomic E-state index is 0.162. The van der Waals surface area contributed by atoms with Crippen LogP contribution in [0.1, 0.15) is 65.7 Å². The fourth-order valence-corrected chi connectivity index (χ4v) is 4.75. The Morgan fingerprint density at radius 2 is 1.16 bits per heavy atom. The van der Waals surface area contributed by atoms with Gasteiger partial charge >= 0.3 is 0 Å². The molecule has 0 saturated heterocycles. The Morgan fingerprint density at radius 1 is 0.649 bits per heavy atom. The quantitative estimate of drug-likeness (QED) is 0.180. The van der Waals surface area contributed by atoms with Crippen LogP contribution < -0.4 is 14.2 Å². The van der Waals surface area contributed by atoms with Gasteiger partial charge in [-0.1, -0.05) is 74.6 Å². The van der Waals surface area contributed by atoms with Crippen molar-refractivity contribution in [1.82, 2.24) is 4.90 Å². The van der Waals surface area contributed by atoms with Gasteiger partial charge in [0.25, 0.3) is 11.8 Å². The molecule has 0 aliphatic carbocycles. The second kappa shape index (κ2) is 12.9. The summed E-state index contributed by atoms with van der Waals surface area (Å²) in [4.78, 5) is 26.2. The Morgan fingerprint density at radius 3 is 1.73 bits per heavy atom. The summed E-state index contributed by atoms with van der Waals surface area (Å²) in [6.07, 6.45) is 7.29. The van der Waals surface area contributed by atoms with Gasteiger partial charge in [0.1, 0.15) is 17.2 Å². The molecule has 0 atom stereocenters. The first-order valence-corrected chi connectivity index (χ1v) is 13.0. The molecular weight excluding hydrogens is 466 g/mol. The maximum Gasteiger partial charge on any atom is 0.261 e. The average Bonchev–Trinajstić information content (AvgIpc) is 3.18. The Kier molecular flexibility index (Phi) is 9.19. The number of hydrogen-bond acceptors (Lipinski definition) is 5. The van der Waals surface area contributed by atoms with Crippen molar-refractivity contribution in [2.45, 2.75) is 44.9 Å². The summed E-state index contributed by atoms with van der Waals surface area (Å²) in [5, 5.41) is 0. The minimum Gasteiger partial charge on any atom is -0.496 e. The molecule has 0 bridgehead atoms. The second-order valence-electron chi connectivity index (χ2n) is 9.20. The standard InChI is InChI=1S/C31H35NO5/c1-35-27-21-24(22-28(36-2)29(27)23-15-9-8-10-16-23)37-20-14-7-5-3-4-6-13-19-32-30(33)25-17-11-12-18-26(25)31(32)34/h8-12,15-18,21-22H,3-7,13-14,19-20H2,1-2H3. The number of carbonyl (C=O) groups excluding carboxylic acids is 2. The maximum absolute atomic E-state index is 12.4. The van der Waals surface area contributed by atoms with Crippen LogP contribution in [0.3, 0.4) is 0 Å². The van der Waals surface area contributed by atoms with Crippen LogP contribution in [0.5, 0.6) is 17.2 Å². The van der Waals surface area contributed by atoms with Crippen LogP contribution in [0, 0.1) is 0 Å². The first-order valence-electron chi connectivity index (χ1n) is 13.0. The van der Waals surface area contributed by atoms with Crippen LogP contribution in [-0.4, -0.2) is 44.1 Å². The highest BCUT2D eigenvalue weighted by atomic mass is 16.5. The van der Waals surface area contributed by atoms with E-state index in [1.165, 1.54) is 4.90 Å². The predicted octanol–water partition coefficient (Wildman–Crippen LogP) is 6.78. The first kappa shape index (κ1) is 26.3. The fourth-order valence-electron chi connectivity index (χ4n) is 4.75. The van der Waals surface area contributed by atoms with E-state index in [1.807, 2.05) is 42.5 Å². The normalized spacial score (nSPS) is 12.5. The molecular formula is C31H35NO5. The van der Waals surface area contributed by atoms with Gasteiger partial charge < -0.3 is 14.2 Å². The summed E-state index contributed by atoms with van der Waals surface area (Å²) in [6.45, 7) is 1.13. The van der Waals surface area contributed by atoms with Gasteiger partial charge in [-0.2, -0.15) is 0 Å². The smallest absolute Gasteiger partial charge is 0.261 e. The third-order valence-corrected chi connectivity index (χ3v) is 6.71. The number of methoxy groups -OCH3 is 2. The highest BCUT2D eigenvalue weighted by Crippen LogP contribution is 2.41. The van der Waals surface area contributed by atoms with E-state index >= 15 is 0 Å². The Balaban J connectivity index is 1.12. The Hall–Kier alpha value is -3.80. The van der Waals surface area contributed by atoms with Crippen molar-refractivity contribution >= 4 is 11.8 Å². The molecule has 0 fully saturated rings. The topological polar surface area (TPSA) is 65.1 Å². The van der Waals surface area contributed by atoms with Crippen molar-refractivity contribution in [1.29, 1.82) is 0 Å². The van der Waals surface area contributed by atoms with E-state index in [-0.39, 0.29) is 11.8 Å². The molecule has 0 saturated carbocycles. The number of benzene rings is 3. The molecule has 4 rings (SSSR count). The summed E-state index contributed by atoms with van der Waals surface area (Å²) in [5.41, 5.74) is 3.00. The monoisotopic (exact) mass is 501 g/mol. The van der Waals surface area contributed by atoms with Gasteiger partial charge in [-0.05, 0) is 30.5 Å². The van der Waals surface area contributed by atoms with Crippen molar-refractivity contribution < 1.29 is 23.8 Å². The van der Waals surface area contributed by atoms with Crippen LogP contribution in [-0.2, 0) is 0 Å². The number of hydrogen-bond donors (Lipinski definition) is 0. The lowest BCUT2D eigenvalue weighted by molar-refractivity contribution is 0.0651. The third kappa shape index (κ3) is 6.31. The SMILES string of the molecule is COc1cc(OCCCCCCCCCN2C(=O)c3ccccc3C2=O)cc(OC)c1-c1ccccc1. The summed E-state index contributed by atoms with van der Waals surface area (Å²) < 4.78 is 17.3. The van der Waals surface area contributed by atoms with Crippen molar-refractivity contribution in [2.24, 2.45) is 0 Å². The number of nitrogens with zero attached hydrogens (tertiary/aromatic N) is 1. The summed E-state index contributed by atoms with van der Waals surface area (Å²) in [7, 11) is 3.32. The molecule has 1 aliphatic rings. The van der Waals surface area contributed by atoms with Gasteiger partial charge in [-0.3, -0.25) is 14.5 Å². The van der Waals surface area contributed by atoms with E-state index in [9.17, 15) is 9.59 Å². The Bertz CT molecular complexity index is 1150. The highest BCUT2D eigenvalue weighted by molar-refractivity contribution is 6.21. The van der Waals surface area contributed by atoms with Crippen LogP contribution in [0.15, 0.2) is 66.7 Å². The lowest BCUT2D eigenvalue weighted by Gasteiger charge is -2.16. The van der Waals surface area contributed by atoms with Gasteiger partial charge in [-0.25, -0.2) is 0 Å². The zero-order valence-corrected chi connectivity index (χ0v) is 21.7. The largest absolute Gasteiger partial charge is 0.496 e. The lowest BCUT2D eigenvalue weighted by Crippen LogP contribution is -2.30. The van der Waals surface area contributed by atoms with Crippen molar-refractivity contribution in [3.8, 4) is 28.4 Å². The van der Waals surface area contributed by atoms with E-state index < -0.39 is 0 Å². The molecule has 6 nitrogen and oxygen atoms in total. The molecule has 0 unspecified atom stereocenters. The average molecular weight is 502 g/mol. The van der Waals surface area contributed by atoms with E-state index in [4.69, 9.17) is 14.2 Å². The van der Waals surface area contributed by atoms with Crippen LogP contribution in [0.2, 0.25) is 0 Å². The number of imide groups is 1. The molecule has 1 heterocycles. The fraction of sp³-hybridized carbons (Fsp3) is 0.355. The molecule has 6 heteroatoms. The molecule has 0 N–H and O–H groups in total. The second-order valence-corrected chi connectivity index (χ2v) is 9.20. The van der Waals surface area contributed by atoms with E-state index in [2.05, 4.69) is 0 Å². The molecule has 1 aliphatic heterocycles. The third-order valence-electron chi connectivity index (χ3n) is 6.71. The number of ether oxygens (including phenoxy) is 3. The summed E-state index contributed by atoms with van der Waals surface area (Å²) >= 11 is 0. The maximum atomic E-state index is 12.4. The molecule has 0 radical (unpaired) electrons. The molecule has 0 aromatic heterocycles. The number of unbranched alkanes of at least 4 members (excludes halogenated alkanes) is 6. The lowest BCUT2D eigenvalue weighted by atomic mass is 10.0. The van der Waals surface area contributed by atoms with Crippen molar-refractivity contribution in [3.05, 3.63) is 77.9 Å². The summed E-state index contributed by atoms with van der Waals surface area (Å²) in [5.74, 6) is 1.86. The zero-order valence-electron chi connectivity index (χ0n) is 21.7. The number of carbonyl (C=O) groups is 2. The van der Waals surface area contributed by atoms with E-state index in [0.717, 1.165) is 73.3 Å². The van der Waals surface area contributed by atoms with Crippen molar-refractivity contribution in [2.75, 3.05) is 27.4 Å². The van der Waals surface area contributed by atoms with E-state index in [1.54, 1.807) is 38.5 Å². The zero-order chi connectivity index (χ0) is 26.0. The number of rotatable bonds is 14. The predicted molar refractivity (Wildman–Crippen MR) is 145 cm³/mol. The molecule has 3 aromatic carbocycles. The van der Waals surface area contributed by atoms with Gasteiger partial charge in [-0.15, -0.1) is 0 Å². The van der Waals surface area contributed by atoms with Crippen LogP contribution >= 0.6 is 0 Å². The molecule has 3 aromatic rings. The molecule has 37 heavy (non-hydrogen) atoms. The van der Waals surface area contributed by atoms with E-state index in [0.29, 0.717) is 24.3 Å². The Labute approximate surface area is 219 Å². The van der Waals surface area contributed by atoms with Gasteiger partial charge in [0.15, 0.2) is 0 Å². The first-order chi connectivity index (χ1) is 18.1. The minimum atomic E-state index is -0.162. The highest BCUT2D eigenvalue weighted by Gasteiger charge is 2.34. The summed E-state index contributed by atoms with van der Waals surface area (Å²) in [6, 6.07) is 20.9. The van der Waals surface area contributed by atoms with Crippen molar-refractivity contribution in [3.63, 3.8) is 0 Å². The van der Waals surface area contributed by atoms with Gasteiger partial charge in [0.2, 0.25) is 0 Å². The number of amides is 2. The molecule has 0 spiro atoms. The van der Waals surface area contributed by atoms with Gasteiger partial charge in [0.05, 0.1) is 37.5 Å².